The van der Waals surface area contributed by atoms with Gasteiger partial charge in [-0.1, -0.05) is 13.0 Å². The Morgan fingerprint density at radius 3 is 2.41 bits per heavy atom. The summed E-state index contributed by atoms with van der Waals surface area (Å²) in [4.78, 5) is 11.0. The molecule has 0 radical (unpaired) electrons. The first kappa shape index (κ1) is 13.6. The highest BCUT2D eigenvalue weighted by Crippen LogP contribution is 2.26. The first-order valence-electron chi connectivity index (χ1n) is 5.48. The number of hydrogen-bond acceptors (Lipinski definition) is 1. The van der Waals surface area contributed by atoms with Crippen LogP contribution < -0.4 is 0 Å². The molecule has 0 saturated carbocycles. The van der Waals surface area contributed by atoms with Crippen LogP contribution in [0.3, 0.4) is 0 Å². The molecule has 17 heavy (non-hydrogen) atoms. The van der Waals surface area contributed by atoms with Crippen LogP contribution in [0.1, 0.15) is 31.9 Å². The molecule has 2 nitrogen and oxygen atoms in total. The summed E-state index contributed by atoms with van der Waals surface area (Å²) < 4.78 is 26.8. The fourth-order valence-corrected chi connectivity index (χ4v) is 1.59. The van der Waals surface area contributed by atoms with Gasteiger partial charge in [-0.2, -0.15) is 0 Å². The van der Waals surface area contributed by atoms with Crippen molar-refractivity contribution in [1.82, 2.24) is 0 Å². The van der Waals surface area contributed by atoms with Crippen LogP contribution >= 0.6 is 0 Å². The fraction of sp³-hybridized carbons (Fsp3) is 0.462. The number of carbonyl (C=O) groups is 1. The van der Waals surface area contributed by atoms with E-state index in [1.807, 2.05) is 6.92 Å². The second-order valence-electron chi connectivity index (χ2n) is 4.77. The van der Waals surface area contributed by atoms with Crippen molar-refractivity contribution in [2.24, 2.45) is 5.41 Å². The topological polar surface area (TPSA) is 37.3 Å². The zero-order chi connectivity index (χ0) is 13.2. The molecule has 0 heterocycles. The summed E-state index contributed by atoms with van der Waals surface area (Å²) in [7, 11) is 0. The third kappa shape index (κ3) is 3.02. The Kier molecular flexibility index (Phi) is 3.86. The maximum absolute atomic E-state index is 13.5. The number of aliphatic carboxylic acids is 1. The molecule has 0 bridgehead atoms. The van der Waals surface area contributed by atoms with Gasteiger partial charge in [-0.15, -0.1) is 0 Å². The van der Waals surface area contributed by atoms with E-state index in [4.69, 9.17) is 5.11 Å². The highest BCUT2D eigenvalue weighted by molar-refractivity contribution is 5.74. The molecule has 4 heteroatoms. The summed E-state index contributed by atoms with van der Waals surface area (Å²) in [6.07, 6.45) is 0.552. The van der Waals surface area contributed by atoms with Crippen LogP contribution in [0.15, 0.2) is 12.1 Å². The van der Waals surface area contributed by atoms with E-state index in [2.05, 4.69) is 0 Å². The van der Waals surface area contributed by atoms with Crippen LogP contribution in [0.25, 0.3) is 0 Å². The van der Waals surface area contributed by atoms with Crippen LogP contribution in [0.2, 0.25) is 0 Å². The standard InChI is InChI=1S/C13H16F2O2/c1-4-8-5-9(11(15)10(14)6-8)7-13(2,3)12(16)17/h5-6H,4,7H2,1-3H3,(H,16,17). The quantitative estimate of drug-likeness (QED) is 0.880. The molecule has 1 rings (SSSR count). The fourth-order valence-electron chi connectivity index (χ4n) is 1.59. The maximum atomic E-state index is 13.5. The molecule has 0 fully saturated rings. The van der Waals surface area contributed by atoms with Crippen molar-refractivity contribution in [1.29, 1.82) is 0 Å². The minimum absolute atomic E-state index is 0.0288. The molecular weight excluding hydrogens is 226 g/mol. The number of carboxylic acids is 1. The van der Waals surface area contributed by atoms with Gasteiger partial charge in [-0.05, 0) is 43.9 Å². The molecule has 0 atom stereocenters. The molecule has 0 aliphatic carbocycles. The molecule has 0 saturated heterocycles. The van der Waals surface area contributed by atoms with Crippen molar-refractivity contribution in [3.05, 3.63) is 34.9 Å². The summed E-state index contributed by atoms with van der Waals surface area (Å²) >= 11 is 0. The molecule has 0 aromatic heterocycles. The van der Waals surface area contributed by atoms with Crippen molar-refractivity contribution in [2.75, 3.05) is 0 Å². The smallest absolute Gasteiger partial charge is 0.309 e. The summed E-state index contributed by atoms with van der Waals surface area (Å²) in [5.74, 6) is -2.89. The highest BCUT2D eigenvalue weighted by atomic mass is 19.2. The number of benzene rings is 1. The van der Waals surface area contributed by atoms with E-state index in [-0.39, 0.29) is 12.0 Å². The minimum atomic E-state index is -1.11. The average Bonchev–Trinajstić information content (AvgIpc) is 2.23. The van der Waals surface area contributed by atoms with Gasteiger partial charge in [0.15, 0.2) is 11.6 Å². The lowest BCUT2D eigenvalue weighted by Crippen LogP contribution is -2.26. The van der Waals surface area contributed by atoms with Crippen LogP contribution in [-0.2, 0) is 17.6 Å². The molecular formula is C13H16F2O2. The Balaban J connectivity index is 3.14. The van der Waals surface area contributed by atoms with E-state index < -0.39 is 23.0 Å². The Bertz CT molecular complexity index is 439. The van der Waals surface area contributed by atoms with E-state index in [0.717, 1.165) is 6.07 Å². The molecule has 0 amide bonds. The van der Waals surface area contributed by atoms with Crippen molar-refractivity contribution in [3.63, 3.8) is 0 Å². The van der Waals surface area contributed by atoms with E-state index in [1.165, 1.54) is 19.9 Å². The third-order valence-electron chi connectivity index (χ3n) is 2.78. The van der Waals surface area contributed by atoms with Gasteiger partial charge in [-0.3, -0.25) is 4.79 Å². The van der Waals surface area contributed by atoms with E-state index >= 15 is 0 Å². The van der Waals surface area contributed by atoms with E-state index in [1.54, 1.807) is 0 Å². The highest BCUT2D eigenvalue weighted by Gasteiger charge is 2.29. The van der Waals surface area contributed by atoms with Crippen LogP contribution in [0.4, 0.5) is 8.78 Å². The normalized spacial score (nSPS) is 11.6. The second kappa shape index (κ2) is 4.82. The van der Waals surface area contributed by atoms with Crippen LogP contribution in [0.5, 0.6) is 0 Å². The molecule has 94 valence electrons. The van der Waals surface area contributed by atoms with Gasteiger partial charge < -0.3 is 5.11 Å². The third-order valence-corrected chi connectivity index (χ3v) is 2.78. The average molecular weight is 242 g/mol. The molecule has 0 aliphatic heterocycles. The number of aryl methyl sites for hydroxylation is 1. The van der Waals surface area contributed by atoms with E-state index in [0.29, 0.717) is 12.0 Å². The van der Waals surface area contributed by atoms with Crippen molar-refractivity contribution in [2.45, 2.75) is 33.6 Å². The van der Waals surface area contributed by atoms with Gasteiger partial charge in [0.1, 0.15) is 0 Å². The van der Waals surface area contributed by atoms with Gasteiger partial charge in [0.2, 0.25) is 0 Å². The molecule has 0 spiro atoms. The summed E-state index contributed by atoms with van der Waals surface area (Å²) in [5, 5.41) is 8.97. The van der Waals surface area contributed by atoms with Gasteiger partial charge in [0.25, 0.3) is 0 Å². The lowest BCUT2D eigenvalue weighted by atomic mass is 9.85. The van der Waals surface area contributed by atoms with Gasteiger partial charge in [0.05, 0.1) is 5.41 Å². The second-order valence-corrected chi connectivity index (χ2v) is 4.77. The number of carboxylic acid groups (broad SMARTS) is 1. The lowest BCUT2D eigenvalue weighted by Gasteiger charge is -2.19. The first-order chi connectivity index (χ1) is 7.77. The predicted octanol–water partition coefficient (Wildman–Crippen LogP) is 3.18. The van der Waals surface area contributed by atoms with Crippen molar-refractivity contribution < 1.29 is 18.7 Å². The number of rotatable bonds is 4. The van der Waals surface area contributed by atoms with Crippen LogP contribution in [-0.4, -0.2) is 11.1 Å². The SMILES string of the molecule is CCc1cc(F)c(F)c(CC(C)(C)C(=O)O)c1. The largest absolute Gasteiger partial charge is 0.481 e. The monoisotopic (exact) mass is 242 g/mol. The molecule has 0 unspecified atom stereocenters. The predicted molar refractivity (Wildman–Crippen MR) is 60.9 cm³/mol. The van der Waals surface area contributed by atoms with Crippen LogP contribution in [0, 0.1) is 17.0 Å². The lowest BCUT2D eigenvalue weighted by molar-refractivity contribution is -0.146. The summed E-state index contributed by atoms with van der Waals surface area (Å²) in [6.45, 7) is 4.81. The van der Waals surface area contributed by atoms with Crippen molar-refractivity contribution in [3.8, 4) is 0 Å². The number of halogens is 2. The Hall–Kier alpha value is -1.45. The Labute approximate surface area is 99.3 Å². The summed E-state index contributed by atoms with van der Waals surface area (Å²) in [5.41, 5.74) is -0.325. The molecule has 1 N–H and O–H groups in total. The molecule has 1 aromatic carbocycles. The van der Waals surface area contributed by atoms with E-state index in [9.17, 15) is 13.6 Å². The Morgan fingerprint density at radius 2 is 1.94 bits per heavy atom. The van der Waals surface area contributed by atoms with Gasteiger partial charge >= 0.3 is 5.97 Å². The number of hydrogen-bond donors (Lipinski definition) is 1. The zero-order valence-corrected chi connectivity index (χ0v) is 10.2. The maximum Gasteiger partial charge on any atom is 0.309 e. The molecule has 1 aromatic rings. The zero-order valence-electron chi connectivity index (χ0n) is 10.2. The minimum Gasteiger partial charge on any atom is -0.481 e. The molecule has 0 aliphatic rings. The summed E-state index contributed by atoms with van der Waals surface area (Å²) in [6, 6.07) is 2.68. The van der Waals surface area contributed by atoms with Gasteiger partial charge in [-0.25, -0.2) is 8.78 Å². The first-order valence-corrected chi connectivity index (χ1v) is 5.48. The van der Waals surface area contributed by atoms with Crippen molar-refractivity contribution >= 4 is 5.97 Å². The Morgan fingerprint density at radius 1 is 1.35 bits per heavy atom. The van der Waals surface area contributed by atoms with Gasteiger partial charge in [0, 0.05) is 0 Å².